The van der Waals surface area contributed by atoms with Crippen molar-refractivity contribution >= 4 is 17.8 Å². The van der Waals surface area contributed by atoms with E-state index in [0.717, 1.165) is 5.79 Å². The highest BCUT2D eigenvalue weighted by Crippen LogP contribution is 2.16. The minimum Gasteiger partial charge on any atom is -0.420 e. The molecular formula is C18H44N2OSi2. The summed E-state index contributed by atoms with van der Waals surface area (Å²) in [6, 6.07) is 2.82. The highest BCUT2D eigenvalue weighted by Gasteiger charge is 2.21. The van der Waals surface area contributed by atoms with E-state index < -0.39 is 8.32 Å². The van der Waals surface area contributed by atoms with Crippen LogP contribution in [0.1, 0.15) is 53.4 Å². The summed E-state index contributed by atoms with van der Waals surface area (Å²) in [7, 11) is 0.526. The summed E-state index contributed by atoms with van der Waals surface area (Å²) in [6.45, 7) is 18.7. The van der Waals surface area contributed by atoms with E-state index in [2.05, 4.69) is 50.6 Å². The second kappa shape index (κ2) is 13.6. The van der Waals surface area contributed by atoms with Gasteiger partial charge in [0.05, 0.1) is 9.52 Å². The average Bonchev–Trinajstić information content (AvgIpc) is 2.55. The van der Waals surface area contributed by atoms with Gasteiger partial charge in [0, 0.05) is 12.9 Å². The van der Waals surface area contributed by atoms with E-state index in [9.17, 15) is 0 Å². The van der Waals surface area contributed by atoms with E-state index in [1.54, 1.807) is 0 Å². The highest BCUT2D eigenvalue weighted by atomic mass is 28.4. The van der Waals surface area contributed by atoms with Crippen LogP contribution in [0.4, 0.5) is 0 Å². The van der Waals surface area contributed by atoms with Crippen LogP contribution in [-0.2, 0) is 4.43 Å². The van der Waals surface area contributed by atoms with Crippen LogP contribution in [0, 0.1) is 0 Å². The van der Waals surface area contributed by atoms with Crippen LogP contribution in [0.15, 0.2) is 0 Å². The van der Waals surface area contributed by atoms with Gasteiger partial charge in [-0.05, 0) is 45.3 Å². The molecule has 0 aliphatic rings. The summed E-state index contributed by atoms with van der Waals surface area (Å²) < 4.78 is 5.63. The van der Waals surface area contributed by atoms with Gasteiger partial charge in [0.1, 0.15) is 0 Å². The van der Waals surface area contributed by atoms with E-state index in [-0.39, 0.29) is 9.52 Å². The van der Waals surface area contributed by atoms with Crippen molar-refractivity contribution in [3.63, 3.8) is 0 Å². The zero-order chi connectivity index (χ0) is 17.7. The molecule has 0 aromatic heterocycles. The molecule has 0 unspecified atom stereocenters. The lowest BCUT2D eigenvalue weighted by Crippen LogP contribution is -2.51. The summed E-state index contributed by atoms with van der Waals surface area (Å²) in [5.41, 5.74) is 0. The van der Waals surface area contributed by atoms with Crippen molar-refractivity contribution in [2.45, 2.75) is 84.3 Å². The number of nitrogens with zero attached hydrogens (tertiary/aromatic N) is 2. The van der Waals surface area contributed by atoms with Gasteiger partial charge in [-0.15, -0.1) is 0 Å². The van der Waals surface area contributed by atoms with Crippen LogP contribution in [0.3, 0.4) is 0 Å². The third-order valence-electron chi connectivity index (χ3n) is 5.26. The van der Waals surface area contributed by atoms with Crippen LogP contribution in [0.5, 0.6) is 0 Å². The molecule has 0 aromatic rings. The molecule has 140 valence electrons. The summed E-state index contributed by atoms with van der Waals surface area (Å²) in [4.78, 5) is 5.37. The fourth-order valence-electron chi connectivity index (χ4n) is 3.40. The Morgan fingerprint density at radius 3 is 1.74 bits per heavy atom. The SMILES string of the molecule is CCN(CC)C([SiH2]CCCCCC[Si](C)(C)OC)N(CC)CC. The first-order valence-electron chi connectivity index (χ1n) is 9.98. The Bertz CT molecular complexity index is 258. The molecule has 5 heteroatoms. The zero-order valence-electron chi connectivity index (χ0n) is 17.2. The molecule has 0 aliphatic heterocycles. The van der Waals surface area contributed by atoms with Gasteiger partial charge < -0.3 is 4.43 Å². The Morgan fingerprint density at radius 1 is 0.826 bits per heavy atom. The molecule has 0 amide bonds. The van der Waals surface area contributed by atoms with E-state index in [1.165, 1.54) is 64.0 Å². The minimum absolute atomic E-state index is 0.0437. The number of rotatable bonds is 15. The van der Waals surface area contributed by atoms with Crippen LogP contribution in [0.2, 0.25) is 25.2 Å². The lowest BCUT2D eigenvalue weighted by molar-refractivity contribution is 0.114. The standard InChI is InChI=1S/C18H44N2OSi2/c1-8-19(9-2)18(20(10-3)11-4)22-16-14-12-13-15-17-23(6,7)21-5/h18H,8-17,22H2,1-7H3. The Hall–Kier alpha value is 0.314. The third-order valence-corrected chi connectivity index (χ3v) is 10.4. The second-order valence-electron chi connectivity index (χ2n) is 7.19. The van der Waals surface area contributed by atoms with Crippen molar-refractivity contribution in [3.8, 4) is 0 Å². The first-order valence-corrected chi connectivity index (χ1v) is 14.9. The van der Waals surface area contributed by atoms with Crippen molar-refractivity contribution in [1.29, 1.82) is 0 Å². The van der Waals surface area contributed by atoms with Gasteiger partial charge in [0.2, 0.25) is 0 Å². The molecule has 0 rings (SSSR count). The van der Waals surface area contributed by atoms with Crippen LogP contribution in [0.25, 0.3) is 0 Å². The molecule has 0 saturated heterocycles. The van der Waals surface area contributed by atoms with Gasteiger partial charge in [-0.25, -0.2) is 0 Å². The van der Waals surface area contributed by atoms with Gasteiger partial charge in [-0.1, -0.05) is 59.4 Å². The van der Waals surface area contributed by atoms with Crippen molar-refractivity contribution < 1.29 is 4.43 Å². The van der Waals surface area contributed by atoms with Crippen molar-refractivity contribution in [2.24, 2.45) is 0 Å². The van der Waals surface area contributed by atoms with Crippen molar-refractivity contribution in [3.05, 3.63) is 0 Å². The number of hydrogen-bond donors (Lipinski definition) is 0. The van der Waals surface area contributed by atoms with Gasteiger partial charge in [-0.2, -0.15) is 0 Å². The lowest BCUT2D eigenvalue weighted by Gasteiger charge is -2.38. The maximum absolute atomic E-state index is 5.63. The lowest BCUT2D eigenvalue weighted by atomic mass is 10.2. The third kappa shape index (κ3) is 10.0. The average molecular weight is 361 g/mol. The van der Waals surface area contributed by atoms with E-state index >= 15 is 0 Å². The first kappa shape index (κ1) is 23.3. The fraction of sp³-hybridized carbons (Fsp3) is 1.00. The zero-order valence-corrected chi connectivity index (χ0v) is 19.6. The van der Waals surface area contributed by atoms with Crippen molar-refractivity contribution in [2.75, 3.05) is 33.3 Å². The van der Waals surface area contributed by atoms with Gasteiger partial charge in [0.15, 0.2) is 8.32 Å². The predicted octanol–water partition coefficient (Wildman–Crippen LogP) is 3.95. The Balaban J connectivity index is 4.04. The number of unbranched alkanes of at least 4 members (excludes halogenated alkanes) is 3. The van der Waals surface area contributed by atoms with Crippen LogP contribution in [-0.4, -0.2) is 66.7 Å². The maximum Gasteiger partial charge on any atom is 0.186 e. The summed E-state index contributed by atoms with van der Waals surface area (Å²) in [5.74, 6) is 0.778. The number of hydrogen-bond acceptors (Lipinski definition) is 3. The quantitative estimate of drug-likeness (QED) is 0.250. The first-order chi connectivity index (χ1) is 11.0. The molecule has 0 heterocycles. The molecule has 23 heavy (non-hydrogen) atoms. The molecule has 0 atom stereocenters. The molecule has 0 N–H and O–H groups in total. The predicted molar refractivity (Wildman–Crippen MR) is 111 cm³/mol. The summed E-state index contributed by atoms with van der Waals surface area (Å²) in [5, 5.41) is 0. The monoisotopic (exact) mass is 360 g/mol. The topological polar surface area (TPSA) is 15.7 Å². The molecule has 0 saturated carbocycles. The fourth-order valence-corrected chi connectivity index (χ4v) is 7.47. The van der Waals surface area contributed by atoms with E-state index in [1.807, 2.05) is 7.11 Å². The van der Waals surface area contributed by atoms with E-state index in [0.29, 0.717) is 0 Å². The molecule has 0 fully saturated rings. The maximum atomic E-state index is 5.63. The molecule has 0 aromatic carbocycles. The Labute approximate surface area is 150 Å². The molecule has 0 radical (unpaired) electrons. The molecule has 0 aliphatic carbocycles. The Morgan fingerprint density at radius 2 is 1.30 bits per heavy atom. The van der Waals surface area contributed by atoms with Gasteiger partial charge in [-0.3, -0.25) is 9.80 Å². The molecule has 0 bridgehead atoms. The minimum atomic E-state index is -1.32. The second-order valence-corrected chi connectivity index (χ2v) is 13.6. The molecule has 0 spiro atoms. The van der Waals surface area contributed by atoms with Crippen LogP contribution < -0.4 is 0 Å². The van der Waals surface area contributed by atoms with Crippen LogP contribution >= 0.6 is 0 Å². The largest absolute Gasteiger partial charge is 0.420 e. The summed E-state index contributed by atoms with van der Waals surface area (Å²) in [6.07, 6.45) is 5.63. The van der Waals surface area contributed by atoms with Gasteiger partial charge in [0.25, 0.3) is 0 Å². The van der Waals surface area contributed by atoms with Gasteiger partial charge >= 0.3 is 0 Å². The highest BCUT2D eigenvalue weighted by molar-refractivity contribution is 6.71. The Kier molecular flexibility index (Phi) is 13.8. The molecule has 3 nitrogen and oxygen atoms in total. The molecular weight excluding hydrogens is 316 g/mol. The normalized spacial score (nSPS) is 13.3. The van der Waals surface area contributed by atoms with E-state index in [4.69, 9.17) is 4.43 Å². The van der Waals surface area contributed by atoms with Crippen molar-refractivity contribution in [1.82, 2.24) is 9.80 Å². The summed E-state index contributed by atoms with van der Waals surface area (Å²) >= 11 is 0. The smallest absolute Gasteiger partial charge is 0.186 e.